The van der Waals surface area contributed by atoms with Gasteiger partial charge in [0.2, 0.25) is 5.91 Å². The average Bonchev–Trinajstić information content (AvgIpc) is 2.97. The maximum Gasteiger partial charge on any atom is 0.411 e. The van der Waals surface area contributed by atoms with E-state index in [-0.39, 0.29) is 23.8 Å². The zero-order valence-corrected chi connectivity index (χ0v) is 16.1. The van der Waals surface area contributed by atoms with Crippen molar-refractivity contribution in [1.29, 1.82) is 0 Å². The molecule has 1 aliphatic carbocycles. The molecule has 1 saturated carbocycles. The molecule has 27 heavy (non-hydrogen) atoms. The molecule has 0 spiro atoms. The summed E-state index contributed by atoms with van der Waals surface area (Å²) in [5.41, 5.74) is -1.87. The normalized spacial score (nSPS) is 24.9. The number of hydrogen-bond donors (Lipinski definition) is 0. The Labute approximate surface area is 156 Å². The first-order valence-corrected chi connectivity index (χ1v) is 9.03. The van der Waals surface area contributed by atoms with Gasteiger partial charge in [-0.25, -0.2) is 4.98 Å². The monoisotopic (exact) mass is 386 g/mol. The molecule has 1 aromatic rings. The Morgan fingerprint density at radius 2 is 1.78 bits per heavy atom. The van der Waals surface area contributed by atoms with Crippen LogP contribution >= 0.6 is 0 Å². The van der Waals surface area contributed by atoms with Crippen LogP contribution in [0.2, 0.25) is 0 Å². The van der Waals surface area contributed by atoms with Gasteiger partial charge in [0.1, 0.15) is 11.2 Å². The molecule has 2 aliphatic rings. The molecule has 2 amide bonds. The molecule has 3 rings (SSSR count). The second-order valence-corrected chi connectivity index (χ2v) is 8.32. The van der Waals surface area contributed by atoms with Crippen LogP contribution in [0, 0.1) is 17.8 Å². The molecule has 1 aliphatic heterocycles. The number of imidazole rings is 1. The van der Waals surface area contributed by atoms with Crippen LogP contribution in [-0.2, 0) is 4.79 Å². The maximum absolute atomic E-state index is 13.2. The molecule has 0 N–H and O–H groups in total. The van der Waals surface area contributed by atoms with E-state index in [4.69, 9.17) is 0 Å². The molecule has 9 heteroatoms. The summed E-state index contributed by atoms with van der Waals surface area (Å²) in [5, 5.41) is 0. The highest BCUT2D eigenvalue weighted by Gasteiger charge is 2.63. The van der Waals surface area contributed by atoms with Crippen LogP contribution in [0.25, 0.3) is 0 Å². The number of carbonyl (C=O) groups excluding carboxylic acids is 2. The highest BCUT2D eigenvalue weighted by molar-refractivity contribution is 5.93. The lowest BCUT2D eigenvalue weighted by Crippen LogP contribution is -2.56. The summed E-state index contributed by atoms with van der Waals surface area (Å²) in [5.74, 6) is -1.27. The third-order valence-corrected chi connectivity index (χ3v) is 6.05. The van der Waals surface area contributed by atoms with Crippen LogP contribution in [0.3, 0.4) is 0 Å². The molecule has 0 radical (unpaired) electrons. The van der Waals surface area contributed by atoms with Gasteiger partial charge in [0, 0.05) is 38.3 Å². The van der Waals surface area contributed by atoms with Gasteiger partial charge in [0.05, 0.1) is 6.33 Å². The molecular weight excluding hydrogens is 361 g/mol. The quantitative estimate of drug-likeness (QED) is 0.799. The summed E-state index contributed by atoms with van der Waals surface area (Å²) in [4.78, 5) is 31.7. The summed E-state index contributed by atoms with van der Waals surface area (Å²) in [6.07, 6.45) is -1.20. The number of rotatable bonds is 4. The number of halogens is 3. The van der Waals surface area contributed by atoms with Gasteiger partial charge in [-0.05, 0) is 39.5 Å². The van der Waals surface area contributed by atoms with E-state index in [2.05, 4.69) is 4.98 Å². The third-order valence-electron chi connectivity index (χ3n) is 6.05. The molecule has 2 heterocycles. The SMILES string of the molecule is CC(C)n1cnc(C(=O)N2CC3C(C2)C3C(=O)N(C)C(C)(C)C(F)(F)F)c1. The summed E-state index contributed by atoms with van der Waals surface area (Å²) in [6.45, 7) is 6.74. The average molecular weight is 386 g/mol. The van der Waals surface area contributed by atoms with Crippen LogP contribution in [0.15, 0.2) is 12.5 Å². The molecule has 1 saturated heterocycles. The van der Waals surface area contributed by atoms with Crippen molar-refractivity contribution >= 4 is 11.8 Å². The number of piperidine rings is 1. The Morgan fingerprint density at radius 1 is 1.22 bits per heavy atom. The van der Waals surface area contributed by atoms with Crippen molar-refractivity contribution in [3.05, 3.63) is 18.2 Å². The lowest BCUT2D eigenvalue weighted by Gasteiger charge is -2.37. The van der Waals surface area contributed by atoms with Gasteiger partial charge in [0.25, 0.3) is 5.91 Å². The van der Waals surface area contributed by atoms with E-state index < -0.39 is 23.5 Å². The van der Waals surface area contributed by atoms with Gasteiger partial charge >= 0.3 is 6.18 Å². The number of alkyl halides is 3. The summed E-state index contributed by atoms with van der Waals surface area (Å²) in [7, 11) is 1.20. The topological polar surface area (TPSA) is 58.4 Å². The lowest BCUT2D eigenvalue weighted by atomic mass is 10.0. The number of carbonyl (C=O) groups is 2. The number of nitrogens with zero attached hydrogens (tertiary/aromatic N) is 4. The Hall–Kier alpha value is -2.06. The van der Waals surface area contributed by atoms with Crippen molar-refractivity contribution in [3.8, 4) is 0 Å². The first-order chi connectivity index (χ1) is 12.4. The number of amides is 2. The van der Waals surface area contributed by atoms with Crippen LogP contribution < -0.4 is 0 Å². The highest BCUT2D eigenvalue weighted by atomic mass is 19.4. The molecule has 1 aromatic heterocycles. The first kappa shape index (κ1) is 19.7. The molecule has 2 fully saturated rings. The number of fused-ring (bicyclic) bond motifs is 1. The fourth-order valence-electron chi connectivity index (χ4n) is 3.64. The highest BCUT2D eigenvalue weighted by Crippen LogP contribution is 2.53. The van der Waals surface area contributed by atoms with E-state index in [1.807, 2.05) is 18.4 Å². The minimum atomic E-state index is -4.50. The first-order valence-electron chi connectivity index (χ1n) is 9.03. The molecular formula is C18H25F3N4O2. The van der Waals surface area contributed by atoms with E-state index >= 15 is 0 Å². The van der Waals surface area contributed by atoms with Gasteiger partial charge in [-0.15, -0.1) is 0 Å². The minimum Gasteiger partial charge on any atom is -0.337 e. The van der Waals surface area contributed by atoms with Crippen molar-refractivity contribution < 1.29 is 22.8 Å². The largest absolute Gasteiger partial charge is 0.411 e. The lowest BCUT2D eigenvalue weighted by molar-refractivity contribution is -0.218. The number of likely N-dealkylation sites (tertiary alicyclic amines) is 1. The van der Waals surface area contributed by atoms with Gasteiger partial charge in [-0.2, -0.15) is 13.2 Å². The predicted octanol–water partition coefficient (Wildman–Crippen LogP) is 2.58. The third kappa shape index (κ3) is 3.21. The molecule has 0 aromatic carbocycles. The zero-order chi connectivity index (χ0) is 20.3. The smallest absolute Gasteiger partial charge is 0.337 e. The Morgan fingerprint density at radius 3 is 2.22 bits per heavy atom. The van der Waals surface area contributed by atoms with Crippen molar-refractivity contribution in [2.24, 2.45) is 17.8 Å². The van der Waals surface area contributed by atoms with Crippen LogP contribution in [0.5, 0.6) is 0 Å². The Balaban J connectivity index is 1.61. The summed E-state index contributed by atoms with van der Waals surface area (Å²) in [6, 6.07) is 0.195. The standard InChI is InChI=1S/C18H25F3N4O2/c1-10(2)25-8-13(22-9-25)15(26)24-6-11-12(7-24)14(11)16(27)23(5)17(3,4)18(19,20)21/h8-12,14H,6-7H2,1-5H3. The van der Waals surface area contributed by atoms with E-state index in [9.17, 15) is 22.8 Å². The Kier molecular flexibility index (Phi) is 4.55. The molecule has 2 unspecified atom stereocenters. The van der Waals surface area contributed by atoms with Gasteiger partial charge in [-0.1, -0.05) is 0 Å². The van der Waals surface area contributed by atoms with Gasteiger partial charge < -0.3 is 14.4 Å². The Bertz CT molecular complexity index is 744. The van der Waals surface area contributed by atoms with Crippen molar-refractivity contribution in [3.63, 3.8) is 0 Å². The molecule has 150 valence electrons. The van der Waals surface area contributed by atoms with Crippen molar-refractivity contribution in [1.82, 2.24) is 19.4 Å². The van der Waals surface area contributed by atoms with Gasteiger partial charge in [-0.3, -0.25) is 9.59 Å². The van der Waals surface area contributed by atoms with E-state index in [1.165, 1.54) is 7.05 Å². The fourth-order valence-corrected chi connectivity index (χ4v) is 3.64. The second kappa shape index (κ2) is 6.24. The summed E-state index contributed by atoms with van der Waals surface area (Å²) >= 11 is 0. The van der Waals surface area contributed by atoms with Crippen molar-refractivity contribution in [2.75, 3.05) is 20.1 Å². The van der Waals surface area contributed by atoms with E-state index in [0.717, 1.165) is 18.7 Å². The van der Waals surface area contributed by atoms with Crippen LogP contribution in [0.4, 0.5) is 13.2 Å². The number of hydrogen-bond acceptors (Lipinski definition) is 3. The van der Waals surface area contributed by atoms with Crippen molar-refractivity contribution in [2.45, 2.75) is 45.5 Å². The van der Waals surface area contributed by atoms with Crippen LogP contribution in [0.1, 0.15) is 44.2 Å². The zero-order valence-electron chi connectivity index (χ0n) is 16.1. The maximum atomic E-state index is 13.2. The number of aromatic nitrogens is 2. The molecule has 2 atom stereocenters. The van der Waals surface area contributed by atoms with Crippen LogP contribution in [-0.4, -0.2) is 63.0 Å². The molecule has 6 nitrogen and oxygen atoms in total. The van der Waals surface area contributed by atoms with E-state index in [1.54, 1.807) is 17.4 Å². The van der Waals surface area contributed by atoms with E-state index in [0.29, 0.717) is 18.8 Å². The second-order valence-electron chi connectivity index (χ2n) is 8.32. The minimum absolute atomic E-state index is 0.0693. The predicted molar refractivity (Wildman–Crippen MR) is 91.9 cm³/mol. The fraction of sp³-hybridized carbons (Fsp3) is 0.722. The van der Waals surface area contributed by atoms with Gasteiger partial charge in [0.15, 0.2) is 0 Å². The summed E-state index contributed by atoms with van der Waals surface area (Å²) < 4.78 is 41.4. The molecule has 0 bridgehead atoms.